The van der Waals surface area contributed by atoms with Crippen molar-refractivity contribution < 1.29 is 33.2 Å². The molecule has 12 heteroatoms. The van der Waals surface area contributed by atoms with Crippen LogP contribution in [-0.2, 0) is 15.1 Å². The van der Waals surface area contributed by atoms with E-state index in [9.17, 15) is 9.90 Å². The molecular formula is C38H34FN5O6. The second-order valence-corrected chi connectivity index (χ2v) is 11.7. The van der Waals surface area contributed by atoms with Gasteiger partial charge in [-0.3, -0.25) is 9.36 Å². The van der Waals surface area contributed by atoms with Gasteiger partial charge < -0.3 is 29.4 Å². The second kappa shape index (κ2) is 14.0. The number of carbonyl (C=O) groups excluding carboxylic acids is 1. The lowest BCUT2D eigenvalue weighted by atomic mass is 9.80. The highest BCUT2D eigenvalue weighted by molar-refractivity contribution is 6.06. The minimum Gasteiger partial charge on any atom is -0.497 e. The molecule has 0 saturated carbocycles. The molecule has 1 fully saturated rings. The Balaban J connectivity index is 1.20. The van der Waals surface area contributed by atoms with E-state index in [0.29, 0.717) is 17.1 Å². The number of hydrogen-bond acceptors (Lipinski definition) is 9. The van der Waals surface area contributed by atoms with E-state index in [0.717, 1.165) is 16.7 Å². The normalized spacial score (nSPS) is 19.0. The zero-order valence-electron chi connectivity index (χ0n) is 27.2. The second-order valence-electron chi connectivity index (χ2n) is 11.7. The Hall–Kier alpha value is -5.69. The Bertz CT molecular complexity index is 2010. The fourth-order valence-corrected chi connectivity index (χ4v) is 6.25. The standard InChI is InChI=1S/C38H34FN5O6/c1-47-28-17-13-26(14-18-28)38(25-11-7-4-8-12-25,27-15-19-29(48-2)20-16-27)49-21-30-33(45)31(39)37(50-30)44-23-42-32-34(40-22-41-35(32)44)43-36(46)24-9-5-3-6-10-24/h3-20,22-23,30-31,33,37,45H,21H2,1-2H3,(H,40,41,43,46)/t30-,31+,33-,37-/m1/s1. The first-order valence-corrected chi connectivity index (χ1v) is 15.9. The number of methoxy groups -OCH3 is 2. The van der Waals surface area contributed by atoms with Crippen LogP contribution in [0.5, 0.6) is 11.5 Å². The van der Waals surface area contributed by atoms with Gasteiger partial charge in [-0.2, -0.15) is 0 Å². The molecule has 2 N–H and O–H groups in total. The summed E-state index contributed by atoms with van der Waals surface area (Å²) in [4.78, 5) is 25.7. The highest BCUT2D eigenvalue weighted by atomic mass is 19.1. The maximum atomic E-state index is 16.0. The van der Waals surface area contributed by atoms with Gasteiger partial charge in [-0.05, 0) is 53.1 Å². The lowest BCUT2D eigenvalue weighted by molar-refractivity contribution is -0.0935. The van der Waals surface area contributed by atoms with Crippen LogP contribution < -0.4 is 14.8 Å². The summed E-state index contributed by atoms with van der Waals surface area (Å²) in [6.45, 7) is -0.189. The molecule has 254 valence electrons. The van der Waals surface area contributed by atoms with Gasteiger partial charge >= 0.3 is 0 Å². The highest BCUT2D eigenvalue weighted by Gasteiger charge is 2.48. The van der Waals surface area contributed by atoms with Crippen molar-refractivity contribution in [3.63, 3.8) is 0 Å². The number of carbonyl (C=O) groups is 1. The number of nitrogens with zero attached hydrogens (tertiary/aromatic N) is 4. The van der Waals surface area contributed by atoms with Gasteiger partial charge in [0.05, 0.1) is 27.2 Å². The number of fused-ring (bicyclic) bond motifs is 1. The summed E-state index contributed by atoms with van der Waals surface area (Å²) in [5.74, 6) is 1.11. The first-order valence-electron chi connectivity index (χ1n) is 15.9. The van der Waals surface area contributed by atoms with Crippen molar-refractivity contribution in [3.8, 4) is 11.5 Å². The van der Waals surface area contributed by atoms with Crippen molar-refractivity contribution in [1.82, 2.24) is 19.5 Å². The minimum atomic E-state index is -1.86. The fraction of sp³-hybridized carbons (Fsp3) is 0.211. The molecule has 3 heterocycles. The Labute approximate surface area is 287 Å². The summed E-state index contributed by atoms with van der Waals surface area (Å²) in [6, 6.07) is 33.3. The SMILES string of the molecule is COc1ccc(C(OC[C@H]2O[C@@H](n3cnc4c(NC(=O)c5ccccc5)ncnc43)[C@@H](F)[C@@H]2O)(c2ccccc2)c2ccc(OC)cc2)cc1. The van der Waals surface area contributed by atoms with Crippen molar-refractivity contribution in [3.05, 3.63) is 144 Å². The Morgan fingerprint density at radius 3 is 2.02 bits per heavy atom. The molecule has 1 aliphatic heterocycles. The molecule has 4 atom stereocenters. The lowest BCUT2D eigenvalue weighted by Crippen LogP contribution is -2.39. The fourth-order valence-electron chi connectivity index (χ4n) is 6.25. The molecule has 6 aromatic rings. The number of nitrogens with one attached hydrogen (secondary N) is 1. The summed E-state index contributed by atoms with van der Waals surface area (Å²) in [7, 11) is 3.19. The molecule has 0 aliphatic carbocycles. The van der Waals surface area contributed by atoms with Gasteiger partial charge in [0.2, 0.25) is 0 Å². The summed E-state index contributed by atoms with van der Waals surface area (Å²) < 4.78 is 41.3. The predicted octanol–water partition coefficient (Wildman–Crippen LogP) is 5.70. The van der Waals surface area contributed by atoms with Crippen LogP contribution >= 0.6 is 0 Å². The first kappa shape index (κ1) is 32.8. The van der Waals surface area contributed by atoms with Gasteiger partial charge in [0, 0.05) is 5.56 Å². The Kier molecular flexibility index (Phi) is 9.22. The molecule has 1 aliphatic rings. The number of aliphatic hydroxyl groups is 1. The van der Waals surface area contributed by atoms with Crippen LogP contribution in [0.3, 0.4) is 0 Å². The number of ether oxygens (including phenoxy) is 4. The third-order valence-corrected chi connectivity index (χ3v) is 8.83. The van der Waals surface area contributed by atoms with Gasteiger partial charge in [0.15, 0.2) is 29.4 Å². The Morgan fingerprint density at radius 1 is 0.840 bits per heavy atom. The van der Waals surface area contributed by atoms with E-state index in [1.165, 1.54) is 17.2 Å². The van der Waals surface area contributed by atoms with E-state index in [-0.39, 0.29) is 29.5 Å². The van der Waals surface area contributed by atoms with Crippen LogP contribution in [0.25, 0.3) is 11.2 Å². The van der Waals surface area contributed by atoms with Gasteiger partial charge in [-0.25, -0.2) is 19.3 Å². The van der Waals surface area contributed by atoms with E-state index in [1.54, 1.807) is 38.5 Å². The third-order valence-electron chi connectivity index (χ3n) is 8.83. The van der Waals surface area contributed by atoms with E-state index in [1.807, 2.05) is 84.9 Å². The smallest absolute Gasteiger partial charge is 0.256 e. The number of aliphatic hydroxyl groups excluding tert-OH is 1. The molecule has 0 radical (unpaired) electrons. The van der Waals surface area contributed by atoms with E-state index < -0.39 is 30.2 Å². The topological polar surface area (TPSA) is 130 Å². The van der Waals surface area contributed by atoms with Crippen molar-refractivity contribution >= 4 is 22.9 Å². The lowest BCUT2D eigenvalue weighted by Gasteiger charge is -2.37. The summed E-state index contributed by atoms with van der Waals surface area (Å²) in [6.07, 6.45) is -3.16. The number of amides is 1. The number of imidazole rings is 1. The third kappa shape index (κ3) is 6.04. The largest absolute Gasteiger partial charge is 0.497 e. The molecule has 1 saturated heterocycles. The molecule has 2 aromatic heterocycles. The quantitative estimate of drug-likeness (QED) is 0.166. The zero-order valence-corrected chi connectivity index (χ0v) is 27.2. The molecular weight excluding hydrogens is 641 g/mol. The van der Waals surface area contributed by atoms with Gasteiger partial charge in [0.1, 0.15) is 35.6 Å². The monoisotopic (exact) mass is 675 g/mol. The predicted molar refractivity (Wildman–Crippen MR) is 183 cm³/mol. The van der Waals surface area contributed by atoms with Crippen LogP contribution in [0.15, 0.2) is 122 Å². The number of halogens is 1. The molecule has 1 amide bonds. The van der Waals surface area contributed by atoms with Crippen LogP contribution in [0.1, 0.15) is 33.3 Å². The Morgan fingerprint density at radius 2 is 1.42 bits per heavy atom. The van der Waals surface area contributed by atoms with Crippen LogP contribution in [-0.4, -0.2) is 69.7 Å². The molecule has 0 bridgehead atoms. The van der Waals surface area contributed by atoms with Crippen molar-refractivity contribution in [2.24, 2.45) is 0 Å². The van der Waals surface area contributed by atoms with Gasteiger partial charge in [-0.1, -0.05) is 72.8 Å². The highest BCUT2D eigenvalue weighted by Crippen LogP contribution is 2.43. The number of rotatable bonds is 11. The number of benzene rings is 4. The van der Waals surface area contributed by atoms with Crippen LogP contribution in [0.4, 0.5) is 10.2 Å². The number of alkyl halides is 1. The van der Waals surface area contributed by atoms with Crippen LogP contribution in [0, 0.1) is 0 Å². The average molecular weight is 676 g/mol. The summed E-state index contributed by atoms with van der Waals surface area (Å²) >= 11 is 0. The van der Waals surface area contributed by atoms with Crippen molar-refractivity contribution in [2.75, 3.05) is 26.1 Å². The molecule has 0 spiro atoms. The molecule has 11 nitrogen and oxygen atoms in total. The van der Waals surface area contributed by atoms with E-state index in [4.69, 9.17) is 18.9 Å². The maximum Gasteiger partial charge on any atom is 0.256 e. The van der Waals surface area contributed by atoms with Crippen molar-refractivity contribution in [1.29, 1.82) is 0 Å². The average Bonchev–Trinajstić information content (AvgIpc) is 3.73. The van der Waals surface area contributed by atoms with Crippen molar-refractivity contribution in [2.45, 2.75) is 30.2 Å². The molecule has 4 aromatic carbocycles. The van der Waals surface area contributed by atoms with Gasteiger partial charge in [-0.15, -0.1) is 0 Å². The number of aromatic nitrogens is 4. The van der Waals surface area contributed by atoms with E-state index >= 15 is 4.39 Å². The summed E-state index contributed by atoms with van der Waals surface area (Å²) in [5.41, 5.74) is 2.05. The molecule has 7 rings (SSSR count). The zero-order chi connectivity index (χ0) is 34.7. The molecule has 50 heavy (non-hydrogen) atoms. The maximum absolute atomic E-state index is 16.0. The number of hydrogen-bond donors (Lipinski definition) is 2. The first-order chi connectivity index (χ1) is 24.4. The molecule has 0 unspecified atom stereocenters. The summed E-state index contributed by atoms with van der Waals surface area (Å²) in [5, 5.41) is 14.0. The van der Waals surface area contributed by atoms with E-state index in [2.05, 4.69) is 20.3 Å². The minimum absolute atomic E-state index is 0.156. The van der Waals surface area contributed by atoms with Gasteiger partial charge in [0.25, 0.3) is 5.91 Å². The van der Waals surface area contributed by atoms with Crippen LogP contribution in [0.2, 0.25) is 0 Å². The number of anilines is 1.